The largest absolute Gasteiger partial charge is 0.496 e. The van der Waals surface area contributed by atoms with E-state index < -0.39 is 0 Å². The van der Waals surface area contributed by atoms with Crippen LogP contribution in [0.15, 0.2) is 60.9 Å². The van der Waals surface area contributed by atoms with Crippen LogP contribution in [0.1, 0.15) is 35.0 Å². The van der Waals surface area contributed by atoms with Crippen LogP contribution in [0.25, 0.3) is 0 Å². The van der Waals surface area contributed by atoms with Gasteiger partial charge < -0.3 is 19.3 Å². The molecule has 0 spiro atoms. The van der Waals surface area contributed by atoms with Gasteiger partial charge in [-0.3, -0.25) is 4.90 Å². The summed E-state index contributed by atoms with van der Waals surface area (Å²) in [5.41, 5.74) is 6.03. The Morgan fingerprint density at radius 1 is 0.909 bits per heavy atom. The molecule has 0 N–H and O–H groups in total. The number of hydrogen-bond acceptors (Lipinski definition) is 8. The van der Waals surface area contributed by atoms with Crippen LogP contribution < -0.4 is 24.2 Å². The fourth-order valence-electron chi connectivity index (χ4n) is 5.98. The van der Waals surface area contributed by atoms with Crippen LogP contribution in [-0.4, -0.2) is 73.3 Å². The lowest BCUT2D eigenvalue weighted by Gasteiger charge is -2.37. The minimum absolute atomic E-state index is 0.210. The molecule has 2 aromatic carbocycles. The highest BCUT2D eigenvalue weighted by atomic mass is 16.5. The van der Waals surface area contributed by atoms with Crippen LogP contribution in [0.3, 0.4) is 0 Å². The Morgan fingerprint density at radius 2 is 1.73 bits per heavy atom. The standard InChI is InChI=1S/C34H39N7O3/c1-6-24-9-7-8-23(2)32(24)40-22-26-20-35-30(37-33(26)41(34(40)42)31-13-12-28(43-4)21-36-31)18-25-10-11-27(19-29(25)44-5)39-16-14-38(3)15-17-39/h7-13,19-21H,6,14-18,22H2,1-5H3. The maximum absolute atomic E-state index is 14.3. The Bertz CT molecular complexity index is 1650. The highest BCUT2D eigenvalue weighted by Crippen LogP contribution is 2.38. The third kappa shape index (κ3) is 5.65. The molecular weight excluding hydrogens is 554 g/mol. The van der Waals surface area contributed by atoms with E-state index >= 15 is 0 Å². The number of benzene rings is 2. The number of para-hydroxylation sites is 1. The van der Waals surface area contributed by atoms with E-state index in [4.69, 9.17) is 19.4 Å². The van der Waals surface area contributed by atoms with Gasteiger partial charge in [0.25, 0.3) is 0 Å². The number of likely N-dealkylation sites (N-methyl/N-ethyl adjacent to an activating group) is 1. The lowest BCUT2D eigenvalue weighted by Crippen LogP contribution is -2.46. The van der Waals surface area contributed by atoms with E-state index in [-0.39, 0.29) is 6.03 Å². The molecule has 2 aliphatic heterocycles. The number of nitrogens with zero attached hydrogens (tertiary/aromatic N) is 7. The summed E-state index contributed by atoms with van der Waals surface area (Å²) in [4.78, 5) is 36.8. The molecule has 0 saturated carbocycles. The number of anilines is 4. The maximum atomic E-state index is 14.3. The van der Waals surface area contributed by atoms with Gasteiger partial charge in [-0.15, -0.1) is 0 Å². The van der Waals surface area contributed by atoms with Gasteiger partial charge in [-0.05, 0) is 49.7 Å². The normalized spacial score (nSPS) is 15.4. The number of ether oxygens (including phenoxy) is 2. The molecule has 44 heavy (non-hydrogen) atoms. The Balaban J connectivity index is 1.36. The number of amides is 2. The average Bonchev–Trinajstić information content (AvgIpc) is 3.05. The van der Waals surface area contributed by atoms with Crippen molar-refractivity contribution in [2.24, 2.45) is 0 Å². The molecule has 4 heterocycles. The van der Waals surface area contributed by atoms with E-state index in [0.717, 1.165) is 72.0 Å². The second-order valence-electron chi connectivity index (χ2n) is 11.3. The number of urea groups is 1. The summed E-state index contributed by atoms with van der Waals surface area (Å²) in [5, 5.41) is 0. The zero-order valence-corrected chi connectivity index (χ0v) is 26.1. The predicted molar refractivity (Wildman–Crippen MR) is 173 cm³/mol. The minimum atomic E-state index is -0.210. The first-order valence-electron chi connectivity index (χ1n) is 15.1. The first-order chi connectivity index (χ1) is 21.4. The molecule has 0 atom stereocenters. The van der Waals surface area contributed by atoms with Crippen LogP contribution in [0, 0.1) is 6.92 Å². The SMILES string of the molecule is CCc1cccc(C)c1N1Cc2cnc(Cc3ccc(N4CCN(C)CC4)cc3OC)nc2N(c2ccc(OC)cn2)C1=O. The van der Waals surface area contributed by atoms with Crippen molar-refractivity contribution in [3.63, 3.8) is 0 Å². The fourth-order valence-corrected chi connectivity index (χ4v) is 5.98. The highest BCUT2D eigenvalue weighted by Gasteiger charge is 2.36. The van der Waals surface area contributed by atoms with Crippen molar-refractivity contribution >= 4 is 29.0 Å². The number of aryl methyl sites for hydroxylation is 2. The molecule has 2 aliphatic rings. The van der Waals surface area contributed by atoms with E-state index in [0.29, 0.717) is 36.2 Å². The maximum Gasteiger partial charge on any atom is 0.336 e. The van der Waals surface area contributed by atoms with Gasteiger partial charge in [0.1, 0.15) is 23.1 Å². The van der Waals surface area contributed by atoms with E-state index in [1.54, 1.807) is 37.4 Å². The summed E-state index contributed by atoms with van der Waals surface area (Å²) in [7, 11) is 5.44. The fraction of sp³-hybridized carbons (Fsp3) is 0.353. The van der Waals surface area contributed by atoms with E-state index in [1.807, 2.05) is 30.2 Å². The summed E-state index contributed by atoms with van der Waals surface area (Å²) < 4.78 is 11.2. The number of carbonyl (C=O) groups is 1. The Hall–Kier alpha value is -4.70. The number of methoxy groups -OCH3 is 2. The number of aromatic nitrogens is 3. The van der Waals surface area contributed by atoms with E-state index in [1.165, 1.54) is 0 Å². The topological polar surface area (TPSA) is 87.2 Å². The van der Waals surface area contributed by atoms with Crippen molar-refractivity contribution in [2.45, 2.75) is 33.2 Å². The molecule has 0 bridgehead atoms. The third-order valence-electron chi connectivity index (χ3n) is 8.50. The monoisotopic (exact) mass is 593 g/mol. The first-order valence-corrected chi connectivity index (χ1v) is 15.1. The van der Waals surface area contributed by atoms with Gasteiger partial charge in [0.15, 0.2) is 5.82 Å². The number of hydrogen-bond donors (Lipinski definition) is 0. The van der Waals surface area contributed by atoms with Crippen molar-refractivity contribution in [3.05, 3.63) is 89.0 Å². The summed E-state index contributed by atoms with van der Waals surface area (Å²) in [5.74, 6) is 3.00. The number of carbonyl (C=O) groups excluding carboxylic acids is 1. The predicted octanol–water partition coefficient (Wildman–Crippen LogP) is 5.38. The number of fused-ring (bicyclic) bond motifs is 1. The summed E-state index contributed by atoms with van der Waals surface area (Å²) in [6, 6.07) is 15.8. The Kier molecular flexibility index (Phi) is 8.34. The first kappa shape index (κ1) is 29.4. The molecule has 228 valence electrons. The molecule has 10 heteroatoms. The molecule has 2 aromatic heterocycles. The highest BCUT2D eigenvalue weighted by molar-refractivity contribution is 6.10. The molecule has 1 saturated heterocycles. The zero-order chi connectivity index (χ0) is 30.8. The lowest BCUT2D eigenvalue weighted by molar-refractivity contribution is 0.252. The summed E-state index contributed by atoms with van der Waals surface area (Å²) >= 11 is 0. The van der Waals surface area contributed by atoms with Gasteiger partial charge >= 0.3 is 6.03 Å². The van der Waals surface area contributed by atoms with Gasteiger partial charge in [-0.2, -0.15) is 0 Å². The lowest BCUT2D eigenvalue weighted by atomic mass is 10.0. The molecule has 10 nitrogen and oxygen atoms in total. The minimum Gasteiger partial charge on any atom is -0.496 e. The molecular formula is C34H39N7O3. The third-order valence-corrected chi connectivity index (χ3v) is 8.50. The summed E-state index contributed by atoms with van der Waals surface area (Å²) in [6.07, 6.45) is 4.71. The number of rotatable bonds is 8. The Labute approximate surface area is 258 Å². The smallest absolute Gasteiger partial charge is 0.336 e. The average molecular weight is 594 g/mol. The molecule has 2 amide bonds. The van der Waals surface area contributed by atoms with Crippen molar-refractivity contribution in [2.75, 3.05) is 62.1 Å². The Morgan fingerprint density at radius 3 is 2.43 bits per heavy atom. The molecule has 0 radical (unpaired) electrons. The molecule has 0 aliphatic carbocycles. The van der Waals surface area contributed by atoms with E-state index in [2.05, 4.69) is 53.0 Å². The second kappa shape index (κ2) is 12.5. The second-order valence-corrected chi connectivity index (χ2v) is 11.3. The van der Waals surface area contributed by atoms with E-state index in [9.17, 15) is 4.79 Å². The van der Waals surface area contributed by atoms with Gasteiger partial charge in [0.05, 0.1) is 32.6 Å². The van der Waals surface area contributed by atoms with Crippen molar-refractivity contribution in [1.82, 2.24) is 19.9 Å². The van der Waals surface area contributed by atoms with Crippen molar-refractivity contribution in [3.8, 4) is 11.5 Å². The molecule has 4 aromatic rings. The van der Waals surface area contributed by atoms with Crippen LogP contribution in [0.5, 0.6) is 11.5 Å². The molecule has 1 fully saturated rings. The van der Waals surface area contributed by atoms with Crippen LogP contribution >= 0.6 is 0 Å². The molecule has 0 unspecified atom stereocenters. The quantitative estimate of drug-likeness (QED) is 0.269. The van der Waals surface area contributed by atoms with Crippen LogP contribution in [-0.2, 0) is 19.4 Å². The van der Waals surface area contributed by atoms with Crippen LogP contribution in [0.2, 0.25) is 0 Å². The van der Waals surface area contributed by atoms with Gasteiger partial charge in [0, 0.05) is 61.7 Å². The molecule has 6 rings (SSSR count). The van der Waals surface area contributed by atoms with Gasteiger partial charge in [0.2, 0.25) is 0 Å². The number of pyridine rings is 1. The van der Waals surface area contributed by atoms with Gasteiger partial charge in [-0.25, -0.2) is 24.6 Å². The van der Waals surface area contributed by atoms with Gasteiger partial charge in [-0.1, -0.05) is 31.2 Å². The van der Waals surface area contributed by atoms with Crippen molar-refractivity contribution < 1.29 is 14.3 Å². The zero-order valence-electron chi connectivity index (χ0n) is 26.1. The van der Waals surface area contributed by atoms with Crippen molar-refractivity contribution in [1.29, 1.82) is 0 Å². The number of piperazine rings is 1. The summed E-state index contributed by atoms with van der Waals surface area (Å²) in [6.45, 7) is 8.53. The van der Waals surface area contributed by atoms with Crippen LogP contribution in [0.4, 0.5) is 27.8 Å².